The quantitative estimate of drug-likeness (QED) is 0.866. The summed E-state index contributed by atoms with van der Waals surface area (Å²) in [7, 11) is -2.10. The molecule has 0 bridgehead atoms. The number of amides is 2. The summed E-state index contributed by atoms with van der Waals surface area (Å²) in [4.78, 5) is 14.2. The zero-order valence-electron chi connectivity index (χ0n) is 12.7. The van der Waals surface area contributed by atoms with E-state index in [4.69, 9.17) is 0 Å². The molecule has 1 saturated heterocycles. The molecule has 0 radical (unpaired) electrons. The van der Waals surface area contributed by atoms with Gasteiger partial charge < -0.3 is 10.2 Å². The highest BCUT2D eigenvalue weighted by molar-refractivity contribution is 7.99. The van der Waals surface area contributed by atoms with Crippen molar-refractivity contribution >= 4 is 27.8 Å². The second-order valence-corrected chi connectivity index (χ2v) is 8.16. The molecule has 8 heteroatoms. The summed E-state index contributed by atoms with van der Waals surface area (Å²) in [6, 6.07) is 6.25. The molecule has 1 aromatic carbocycles. The number of nitrogens with zero attached hydrogens (tertiary/aromatic N) is 1. The van der Waals surface area contributed by atoms with Gasteiger partial charge in [0, 0.05) is 24.6 Å². The maximum Gasteiger partial charge on any atom is 0.317 e. The van der Waals surface area contributed by atoms with Gasteiger partial charge in [-0.05, 0) is 31.7 Å². The number of hydrogen-bond donors (Lipinski definition) is 2. The van der Waals surface area contributed by atoms with Crippen LogP contribution >= 0.6 is 11.8 Å². The van der Waals surface area contributed by atoms with Crippen LogP contribution in [-0.4, -0.2) is 51.0 Å². The molecule has 1 aliphatic rings. The largest absolute Gasteiger partial charge is 0.331 e. The Bertz CT molecular complexity index is 628. The van der Waals surface area contributed by atoms with Gasteiger partial charge in [0.25, 0.3) is 0 Å². The highest BCUT2D eigenvalue weighted by Gasteiger charge is 2.20. The third kappa shape index (κ3) is 4.15. The van der Waals surface area contributed by atoms with Crippen LogP contribution in [-0.2, 0) is 10.0 Å². The number of urea groups is 1. The predicted molar refractivity (Wildman–Crippen MR) is 88.5 cm³/mol. The van der Waals surface area contributed by atoms with Gasteiger partial charge in [0.05, 0.1) is 10.9 Å². The van der Waals surface area contributed by atoms with Gasteiger partial charge >= 0.3 is 6.03 Å². The molecule has 1 aliphatic heterocycles. The van der Waals surface area contributed by atoms with Crippen molar-refractivity contribution in [1.29, 1.82) is 0 Å². The summed E-state index contributed by atoms with van der Waals surface area (Å²) >= 11 is 1.84. The van der Waals surface area contributed by atoms with E-state index in [-0.39, 0.29) is 17.0 Å². The molecule has 2 N–H and O–H groups in total. The molecule has 22 heavy (non-hydrogen) atoms. The first kappa shape index (κ1) is 17.1. The Labute approximate surface area is 135 Å². The molecule has 2 amide bonds. The van der Waals surface area contributed by atoms with E-state index in [1.54, 1.807) is 17.0 Å². The molecule has 122 valence electrons. The van der Waals surface area contributed by atoms with E-state index in [1.807, 2.05) is 24.8 Å². The molecule has 0 unspecified atom stereocenters. The fourth-order valence-corrected chi connectivity index (χ4v) is 3.88. The number of benzene rings is 1. The molecule has 1 aromatic rings. The Morgan fingerprint density at radius 1 is 1.32 bits per heavy atom. The maximum absolute atomic E-state index is 12.2. The van der Waals surface area contributed by atoms with Crippen LogP contribution in [0.4, 0.5) is 4.79 Å². The molecule has 6 nitrogen and oxygen atoms in total. The van der Waals surface area contributed by atoms with Gasteiger partial charge in [0.15, 0.2) is 0 Å². The normalized spacial score (nSPS) is 17.1. The van der Waals surface area contributed by atoms with E-state index >= 15 is 0 Å². The van der Waals surface area contributed by atoms with E-state index in [9.17, 15) is 13.2 Å². The predicted octanol–water partition coefficient (Wildman–Crippen LogP) is 1.41. The topological polar surface area (TPSA) is 78.5 Å². The Balaban J connectivity index is 2.07. The Hall–Kier alpha value is -1.25. The van der Waals surface area contributed by atoms with Crippen molar-refractivity contribution < 1.29 is 13.2 Å². The molecule has 1 atom stereocenters. The first-order valence-electron chi connectivity index (χ1n) is 7.11. The molecule has 0 spiro atoms. The van der Waals surface area contributed by atoms with Crippen LogP contribution in [0.25, 0.3) is 0 Å². The van der Waals surface area contributed by atoms with Crippen LogP contribution in [0.3, 0.4) is 0 Å². The fourth-order valence-electron chi connectivity index (χ4n) is 2.20. The van der Waals surface area contributed by atoms with E-state index < -0.39 is 10.0 Å². The minimum Gasteiger partial charge on any atom is -0.331 e. The molecule has 0 aromatic heterocycles. The van der Waals surface area contributed by atoms with E-state index in [0.29, 0.717) is 0 Å². The van der Waals surface area contributed by atoms with Crippen molar-refractivity contribution in [3.05, 3.63) is 29.8 Å². The number of nitrogens with one attached hydrogen (secondary N) is 2. The van der Waals surface area contributed by atoms with Gasteiger partial charge in [-0.1, -0.05) is 12.1 Å². The van der Waals surface area contributed by atoms with Crippen molar-refractivity contribution in [1.82, 2.24) is 14.9 Å². The van der Waals surface area contributed by atoms with Gasteiger partial charge in [0.1, 0.15) is 0 Å². The molecule has 1 heterocycles. The SMILES string of the molecule is CNS(=O)(=O)c1cccc([C@H](C)NC(=O)N2CCSCC2)c1. The van der Waals surface area contributed by atoms with Crippen LogP contribution in [0.15, 0.2) is 29.2 Å². The first-order valence-corrected chi connectivity index (χ1v) is 9.74. The zero-order valence-corrected chi connectivity index (χ0v) is 14.3. The molecule has 0 aliphatic carbocycles. The van der Waals surface area contributed by atoms with Gasteiger partial charge in [0.2, 0.25) is 10.0 Å². The average molecular weight is 343 g/mol. The second kappa shape index (κ2) is 7.34. The molecule has 2 rings (SSSR count). The monoisotopic (exact) mass is 343 g/mol. The van der Waals surface area contributed by atoms with Crippen molar-refractivity contribution in [3.63, 3.8) is 0 Å². The van der Waals surface area contributed by atoms with E-state index in [1.165, 1.54) is 13.1 Å². The number of thioether (sulfide) groups is 1. The summed E-state index contributed by atoms with van der Waals surface area (Å²) in [5.41, 5.74) is 0.760. The van der Waals surface area contributed by atoms with Gasteiger partial charge in [-0.3, -0.25) is 0 Å². The van der Waals surface area contributed by atoms with Crippen LogP contribution < -0.4 is 10.0 Å². The number of hydrogen-bond acceptors (Lipinski definition) is 4. The summed E-state index contributed by atoms with van der Waals surface area (Å²) in [5.74, 6) is 1.91. The lowest BCUT2D eigenvalue weighted by molar-refractivity contribution is 0.199. The van der Waals surface area contributed by atoms with Crippen LogP contribution in [0.5, 0.6) is 0 Å². The van der Waals surface area contributed by atoms with Crippen LogP contribution in [0.1, 0.15) is 18.5 Å². The van der Waals surface area contributed by atoms with Gasteiger partial charge in [-0.2, -0.15) is 11.8 Å². The standard InChI is InChI=1S/C14H21N3O3S2/c1-11(16-14(18)17-6-8-21-9-7-17)12-4-3-5-13(10-12)22(19,20)15-2/h3-5,10-11,15H,6-9H2,1-2H3,(H,16,18)/t11-/m0/s1. The van der Waals surface area contributed by atoms with E-state index in [0.717, 1.165) is 30.2 Å². The Kier molecular flexibility index (Phi) is 5.71. The summed E-state index contributed by atoms with van der Waals surface area (Å²) < 4.78 is 26.0. The van der Waals surface area contributed by atoms with Crippen LogP contribution in [0.2, 0.25) is 0 Å². The number of carbonyl (C=O) groups is 1. The van der Waals surface area contributed by atoms with E-state index in [2.05, 4.69) is 10.0 Å². The fraction of sp³-hybridized carbons (Fsp3) is 0.500. The van der Waals surface area contributed by atoms with Crippen molar-refractivity contribution in [2.75, 3.05) is 31.6 Å². The molecular formula is C14H21N3O3S2. The van der Waals surface area contributed by atoms with Gasteiger partial charge in [-0.25, -0.2) is 17.9 Å². The average Bonchev–Trinajstić information content (AvgIpc) is 2.55. The number of rotatable bonds is 4. The van der Waals surface area contributed by atoms with Crippen molar-refractivity contribution in [2.24, 2.45) is 0 Å². The maximum atomic E-state index is 12.2. The highest BCUT2D eigenvalue weighted by Crippen LogP contribution is 2.18. The van der Waals surface area contributed by atoms with Crippen molar-refractivity contribution in [3.8, 4) is 0 Å². The molecular weight excluding hydrogens is 322 g/mol. The number of carbonyl (C=O) groups excluding carboxylic acids is 1. The second-order valence-electron chi connectivity index (χ2n) is 5.05. The highest BCUT2D eigenvalue weighted by atomic mass is 32.2. The summed E-state index contributed by atoms with van der Waals surface area (Å²) in [6.07, 6.45) is 0. The third-order valence-electron chi connectivity index (χ3n) is 3.58. The number of sulfonamides is 1. The third-order valence-corrected chi connectivity index (χ3v) is 5.93. The zero-order chi connectivity index (χ0) is 16.2. The lowest BCUT2D eigenvalue weighted by Crippen LogP contribution is -2.45. The molecule has 0 saturated carbocycles. The minimum atomic E-state index is -3.48. The van der Waals surface area contributed by atoms with Crippen LogP contribution in [0, 0.1) is 0 Å². The lowest BCUT2D eigenvalue weighted by atomic mass is 10.1. The summed E-state index contributed by atoms with van der Waals surface area (Å²) in [5, 5.41) is 2.93. The van der Waals surface area contributed by atoms with Crippen molar-refractivity contribution in [2.45, 2.75) is 17.9 Å². The first-order chi connectivity index (χ1) is 10.4. The minimum absolute atomic E-state index is 0.102. The smallest absolute Gasteiger partial charge is 0.317 e. The summed E-state index contributed by atoms with van der Waals surface area (Å²) in [6.45, 7) is 3.34. The van der Waals surface area contributed by atoms with Gasteiger partial charge in [-0.15, -0.1) is 0 Å². The lowest BCUT2D eigenvalue weighted by Gasteiger charge is -2.28. The Morgan fingerprint density at radius 2 is 2.00 bits per heavy atom. The molecule has 1 fully saturated rings. The Morgan fingerprint density at radius 3 is 2.64 bits per heavy atom.